The Morgan fingerprint density at radius 3 is 2.64 bits per heavy atom. The first-order valence-electron chi connectivity index (χ1n) is 8.11. The van der Waals surface area contributed by atoms with Crippen molar-refractivity contribution < 1.29 is 0 Å². The van der Waals surface area contributed by atoms with Crippen molar-refractivity contribution in [2.75, 3.05) is 13.6 Å². The largest absolute Gasteiger partial charge is 0.356 e. The van der Waals surface area contributed by atoms with E-state index in [1.165, 1.54) is 30.7 Å². The van der Waals surface area contributed by atoms with Gasteiger partial charge in [-0.05, 0) is 18.8 Å². The third kappa shape index (κ3) is 8.31. The van der Waals surface area contributed by atoms with Crippen LogP contribution in [-0.2, 0) is 13.0 Å². The predicted octanol–water partition coefficient (Wildman–Crippen LogP) is 4.20. The highest BCUT2D eigenvalue weighted by Crippen LogP contribution is 2.11. The molecule has 1 rings (SSSR count). The van der Waals surface area contributed by atoms with E-state index in [2.05, 4.69) is 46.8 Å². The maximum Gasteiger partial charge on any atom is 0.191 e. The van der Waals surface area contributed by atoms with Gasteiger partial charge in [-0.15, -0.1) is 35.3 Å². The fraction of sp³-hybridized carbons (Fsp3) is 0.750. The Balaban J connectivity index is 0.00000441. The van der Waals surface area contributed by atoms with Gasteiger partial charge in [0.05, 0.1) is 17.2 Å². The number of unbranched alkanes of at least 4 members (excludes halogenated alkanes) is 1. The van der Waals surface area contributed by atoms with E-state index in [4.69, 9.17) is 0 Å². The van der Waals surface area contributed by atoms with Crippen LogP contribution < -0.4 is 10.6 Å². The van der Waals surface area contributed by atoms with Crippen molar-refractivity contribution in [3.8, 4) is 0 Å². The number of halogens is 1. The zero-order valence-electron chi connectivity index (χ0n) is 14.3. The molecule has 0 aliphatic carbocycles. The van der Waals surface area contributed by atoms with Crippen LogP contribution in [0.1, 0.15) is 57.2 Å². The summed E-state index contributed by atoms with van der Waals surface area (Å²) in [5.41, 5.74) is 1.10. The van der Waals surface area contributed by atoms with Crippen LogP contribution in [0.25, 0.3) is 0 Å². The van der Waals surface area contributed by atoms with Crippen LogP contribution in [-0.4, -0.2) is 24.5 Å². The normalized spacial score (nSPS) is 12.6. The van der Waals surface area contributed by atoms with E-state index in [9.17, 15) is 0 Å². The monoisotopic (exact) mass is 438 g/mol. The van der Waals surface area contributed by atoms with Gasteiger partial charge >= 0.3 is 0 Å². The molecule has 4 nitrogen and oxygen atoms in total. The molecule has 1 atom stereocenters. The van der Waals surface area contributed by atoms with Crippen LogP contribution in [0, 0.1) is 5.92 Å². The number of aliphatic imine (C=N–C) groups is 1. The molecule has 2 N–H and O–H groups in total. The molecule has 0 spiro atoms. The minimum Gasteiger partial charge on any atom is -0.356 e. The molecule has 0 aliphatic rings. The molecule has 0 radical (unpaired) electrons. The molecule has 0 fully saturated rings. The highest BCUT2D eigenvalue weighted by molar-refractivity contribution is 14.0. The van der Waals surface area contributed by atoms with E-state index in [1.807, 2.05) is 7.05 Å². The fourth-order valence-electron chi connectivity index (χ4n) is 2.17. The minimum atomic E-state index is 0. The molecule has 1 unspecified atom stereocenters. The summed E-state index contributed by atoms with van der Waals surface area (Å²) in [5, 5.41) is 10.1. The van der Waals surface area contributed by atoms with E-state index >= 15 is 0 Å². The molecule has 0 bridgehead atoms. The van der Waals surface area contributed by atoms with Crippen molar-refractivity contribution in [2.45, 2.75) is 59.4 Å². The van der Waals surface area contributed by atoms with Crippen LogP contribution in [0.2, 0.25) is 0 Å². The molecule has 22 heavy (non-hydrogen) atoms. The van der Waals surface area contributed by atoms with Gasteiger partial charge in [0.1, 0.15) is 0 Å². The van der Waals surface area contributed by atoms with E-state index in [0.29, 0.717) is 0 Å². The van der Waals surface area contributed by atoms with Crippen molar-refractivity contribution >= 4 is 41.3 Å². The number of rotatable bonds is 9. The summed E-state index contributed by atoms with van der Waals surface area (Å²) in [4.78, 5) is 8.85. The minimum absolute atomic E-state index is 0. The Kier molecular flexibility index (Phi) is 12.9. The van der Waals surface area contributed by atoms with Gasteiger partial charge in [-0.1, -0.05) is 40.0 Å². The molecule has 0 saturated carbocycles. The zero-order chi connectivity index (χ0) is 15.5. The first-order chi connectivity index (χ1) is 10.2. The molecule has 0 amide bonds. The summed E-state index contributed by atoms with van der Waals surface area (Å²) in [7, 11) is 1.82. The van der Waals surface area contributed by atoms with Gasteiger partial charge in [0.2, 0.25) is 0 Å². The molecule has 1 heterocycles. The van der Waals surface area contributed by atoms with Gasteiger partial charge in [-0.3, -0.25) is 4.99 Å². The van der Waals surface area contributed by atoms with Gasteiger partial charge in [0.25, 0.3) is 0 Å². The van der Waals surface area contributed by atoms with Crippen molar-refractivity contribution in [1.82, 2.24) is 15.6 Å². The van der Waals surface area contributed by atoms with Crippen molar-refractivity contribution in [2.24, 2.45) is 10.9 Å². The Labute approximate surface area is 156 Å². The summed E-state index contributed by atoms with van der Waals surface area (Å²) in [6, 6.07) is 0. The summed E-state index contributed by atoms with van der Waals surface area (Å²) < 4.78 is 0. The van der Waals surface area contributed by atoms with Crippen molar-refractivity contribution in [3.05, 3.63) is 16.1 Å². The Morgan fingerprint density at radius 1 is 1.32 bits per heavy atom. The molecule has 0 saturated heterocycles. The molecule has 1 aromatic rings. The summed E-state index contributed by atoms with van der Waals surface area (Å²) >= 11 is 1.73. The van der Waals surface area contributed by atoms with Gasteiger partial charge in [-0.2, -0.15) is 0 Å². The van der Waals surface area contributed by atoms with Gasteiger partial charge in [-0.25, -0.2) is 4.98 Å². The van der Waals surface area contributed by atoms with E-state index in [1.54, 1.807) is 11.3 Å². The van der Waals surface area contributed by atoms with E-state index in [-0.39, 0.29) is 24.0 Å². The number of nitrogens with zero attached hydrogens (tertiary/aromatic N) is 2. The second-order valence-corrected chi connectivity index (χ2v) is 6.25. The topological polar surface area (TPSA) is 49.3 Å². The van der Waals surface area contributed by atoms with Crippen LogP contribution >= 0.6 is 35.3 Å². The third-order valence-electron chi connectivity index (χ3n) is 3.66. The Hall–Kier alpha value is -0.370. The lowest BCUT2D eigenvalue weighted by atomic mass is 9.99. The van der Waals surface area contributed by atoms with Crippen LogP contribution in [0.5, 0.6) is 0 Å². The number of nitrogens with one attached hydrogen (secondary N) is 2. The quantitative estimate of drug-likeness (QED) is 0.345. The smallest absolute Gasteiger partial charge is 0.191 e. The molecular weight excluding hydrogens is 407 g/mol. The van der Waals surface area contributed by atoms with E-state index < -0.39 is 0 Å². The van der Waals surface area contributed by atoms with Gasteiger partial charge in [0, 0.05) is 19.0 Å². The fourth-order valence-corrected chi connectivity index (χ4v) is 2.92. The highest BCUT2D eigenvalue weighted by atomic mass is 127. The first-order valence-corrected chi connectivity index (χ1v) is 8.99. The van der Waals surface area contributed by atoms with Crippen molar-refractivity contribution in [1.29, 1.82) is 0 Å². The number of guanidine groups is 1. The van der Waals surface area contributed by atoms with Crippen LogP contribution in [0.15, 0.2) is 10.4 Å². The third-order valence-corrected chi connectivity index (χ3v) is 4.71. The summed E-state index contributed by atoms with van der Waals surface area (Å²) in [5.74, 6) is 1.60. The maximum absolute atomic E-state index is 4.56. The molecule has 0 aromatic carbocycles. The highest BCUT2D eigenvalue weighted by Gasteiger charge is 2.07. The maximum atomic E-state index is 4.56. The molecule has 0 aliphatic heterocycles. The second-order valence-electron chi connectivity index (χ2n) is 5.31. The zero-order valence-corrected chi connectivity index (χ0v) is 17.5. The van der Waals surface area contributed by atoms with E-state index in [0.717, 1.165) is 37.1 Å². The molecule has 6 heteroatoms. The standard InChI is InChI=1S/C16H30N4S.HI/c1-5-8-9-13(6-2)10-18-16(17-4)19-11-14-12-21-15(7-3)20-14;/h12-13H,5-11H2,1-4H3,(H2,17,18,19);1H. The second kappa shape index (κ2) is 13.1. The van der Waals surface area contributed by atoms with Crippen LogP contribution in [0.4, 0.5) is 0 Å². The lowest BCUT2D eigenvalue weighted by Crippen LogP contribution is -2.39. The lowest BCUT2D eigenvalue weighted by molar-refractivity contribution is 0.443. The number of aromatic nitrogens is 1. The Morgan fingerprint density at radius 2 is 2.09 bits per heavy atom. The predicted molar refractivity (Wildman–Crippen MR) is 108 cm³/mol. The molecule has 1 aromatic heterocycles. The molecule has 128 valence electrons. The molecular formula is C16H31IN4S. The SMILES string of the molecule is CCCCC(CC)CNC(=NC)NCc1csc(CC)n1.I. The number of hydrogen-bond donors (Lipinski definition) is 2. The number of aryl methyl sites for hydroxylation is 1. The summed E-state index contributed by atoms with van der Waals surface area (Å²) in [6.07, 6.45) is 6.10. The number of hydrogen-bond acceptors (Lipinski definition) is 3. The van der Waals surface area contributed by atoms with Crippen LogP contribution in [0.3, 0.4) is 0 Å². The average Bonchev–Trinajstić information content (AvgIpc) is 2.98. The number of thiazole rings is 1. The van der Waals surface area contributed by atoms with Crippen molar-refractivity contribution in [3.63, 3.8) is 0 Å². The Bertz CT molecular complexity index is 420. The lowest BCUT2D eigenvalue weighted by Gasteiger charge is -2.17. The van der Waals surface area contributed by atoms with Gasteiger partial charge in [0.15, 0.2) is 5.96 Å². The average molecular weight is 438 g/mol. The van der Waals surface area contributed by atoms with Gasteiger partial charge < -0.3 is 10.6 Å². The summed E-state index contributed by atoms with van der Waals surface area (Å²) in [6.45, 7) is 8.38. The first kappa shape index (κ1) is 21.6.